The first-order valence-corrected chi connectivity index (χ1v) is 10.3. The third-order valence-electron chi connectivity index (χ3n) is 5.21. The summed E-state index contributed by atoms with van der Waals surface area (Å²) in [5.74, 6) is 0.941. The number of nitro groups is 1. The van der Waals surface area contributed by atoms with Gasteiger partial charge in [0, 0.05) is 30.6 Å². The average Bonchev–Trinajstić information content (AvgIpc) is 2.78. The highest BCUT2D eigenvalue weighted by Crippen LogP contribution is 2.35. The lowest BCUT2D eigenvalue weighted by Crippen LogP contribution is -2.36. The first-order valence-electron chi connectivity index (χ1n) is 9.91. The van der Waals surface area contributed by atoms with Crippen LogP contribution in [0.3, 0.4) is 0 Å². The number of nitro benzene ring substituents is 1. The summed E-state index contributed by atoms with van der Waals surface area (Å²) in [5.41, 5.74) is -1.25. The number of ether oxygens (including phenoxy) is 1. The number of non-ortho nitro benzene ring substituents is 1. The predicted octanol–water partition coefficient (Wildman–Crippen LogP) is 4.61. The average molecular weight is 483 g/mol. The SMILES string of the molecule is C[C@@H](Nc1nc(Cl)nc2cnc(N3CCOCC3)cc12)c1cc([N+](=O)[O-])cc(C(F)(F)F)c1. The first kappa shape index (κ1) is 22.9. The number of morpholine rings is 1. The van der Waals surface area contributed by atoms with Crippen molar-refractivity contribution in [1.29, 1.82) is 0 Å². The standard InChI is InChI=1S/C20H18ClF3N6O3/c1-11(12-6-13(20(22,23)24)8-14(7-12)30(31)32)26-18-15-9-17(29-2-4-33-5-3-29)25-10-16(15)27-19(21)28-18/h6-11H,2-5H2,1H3,(H,26,27,28)/t11-/m1/s1. The number of halogens is 4. The van der Waals surface area contributed by atoms with Crippen molar-refractivity contribution in [2.24, 2.45) is 0 Å². The highest BCUT2D eigenvalue weighted by molar-refractivity contribution is 6.28. The van der Waals surface area contributed by atoms with Crippen molar-refractivity contribution in [2.45, 2.75) is 19.1 Å². The topological polar surface area (TPSA) is 106 Å². The van der Waals surface area contributed by atoms with Gasteiger partial charge in [0.05, 0.1) is 41.5 Å². The largest absolute Gasteiger partial charge is 0.416 e. The molecule has 0 bridgehead atoms. The van der Waals surface area contributed by atoms with Gasteiger partial charge in [0.15, 0.2) is 0 Å². The van der Waals surface area contributed by atoms with Crippen LogP contribution in [-0.4, -0.2) is 46.2 Å². The van der Waals surface area contributed by atoms with Gasteiger partial charge in [0.2, 0.25) is 5.28 Å². The third kappa shape index (κ3) is 5.06. The Bertz CT molecular complexity index is 1200. The van der Waals surface area contributed by atoms with Crippen LogP contribution < -0.4 is 10.2 Å². The van der Waals surface area contributed by atoms with E-state index in [0.29, 0.717) is 49.1 Å². The lowest BCUT2D eigenvalue weighted by Gasteiger charge is -2.28. The van der Waals surface area contributed by atoms with E-state index in [2.05, 4.69) is 20.3 Å². The summed E-state index contributed by atoms with van der Waals surface area (Å²) >= 11 is 6.04. The maximum absolute atomic E-state index is 13.3. The van der Waals surface area contributed by atoms with E-state index < -0.39 is 28.4 Å². The molecule has 1 fully saturated rings. The number of benzene rings is 1. The molecule has 3 heterocycles. The van der Waals surface area contributed by atoms with Crippen molar-refractivity contribution in [3.8, 4) is 0 Å². The molecule has 1 N–H and O–H groups in total. The molecule has 2 aromatic heterocycles. The van der Waals surface area contributed by atoms with E-state index in [-0.39, 0.29) is 16.7 Å². The molecule has 0 saturated carbocycles. The number of alkyl halides is 3. The highest BCUT2D eigenvalue weighted by Gasteiger charge is 2.33. The number of nitrogens with one attached hydrogen (secondary N) is 1. The summed E-state index contributed by atoms with van der Waals surface area (Å²) in [6.45, 7) is 4.01. The minimum absolute atomic E-state index is 0.0712. The van der Waals surface area contributed by atoms with Gasteiger partial charge in [-0.05, 0) is 36.2 Å². The van der Waals surface area contributed by atoms with Gasteiger partial charge in [0.25, 0.3) is 5.69 Å². The predicted molar refractivity (Wildman–Crippen MR) is 116 cm³/mol. The first-order chi connectivity index (χ1) is 15.6. The summed E-state index contributed by atoms with van der Waals surface area (Å²) in [5, 5.41) is 14.7. The maximum atomic E-state index is 13.3. The molecular weight excluding hydrogens is 465 g/mol. The van der Waals surface area contributed by atoms with Crippen LogP contribution in [0.25, 0.3) is 10.9 Å². The van der Waals surface area contributed by atoms with Gasteiger partial charge in [-0.1, -0.05) is 0 Å². The van der Waals surface area contributed by atoms with Gasteiger partial charge in [-0.25, -0.2) is 15.0 Å². The molecule has 0 amide bonds. The van der Waals surface area contributed by atoms with Crippen LogP contribution in [0.1, 0.15) is 24.1 Å². The Kier molecular flexibility index (Phi) is 6.21. The summed E-state index contributed by atoms with van der Waals surface area (Å²) in [4.78, 5) is 25.1. The molecule has 0 aliphatic carbocycles. The zero-order chi connectivity index (χ0) is 23.8. The van der Waals surface area contributed by atoms with Crippen LogP contribution in [0.4, 0.5) is 30.5 Å². The second-order valence-electron chi connectivity index (χ2n) is 7.43. The fourth-order valence-corrected chi connectivity index (χ4v) is 3.69. The highest BCUT2D eigenvalue weighted by atomic mass is 35.5. The smallest absolute Gasteiger partial charge is 0.378 e. The van der Waals surface area contributed by atoms with Crippen molar-refractivity contribution < 1.29 is 22.8 Å². The zero-order valence-electron chi connectivity index (χ0n) is 17.3. The number of hydrogen-bond donors (Lipinski definition) is 1. The Labute approximate surface area is 190 Å². The third-order valence-corrected chi connectivity index (χ3v) is 5.38. The molecule has 0 spiro atoms. The molecule has 1 aliphatic rings. The molecule has 4 rings (SSSR count). The van der Waals surface area contributed by atoms with Gasteiger partial charge >= 0.3 is 6.18 Å². The van der Waals surface area contributed by atoms with Crippen LogP contribution in [-0.2, 0) is 10.9 Å². The van der Waals surface area contributed by atoms with Gasteiger partial charge in [-0.3, -0.25) is 10.1 Å². The van der Waals surface area contributed by atoms with E-state index >= 15 is 0 Å². The van der Waals surface area contributed by atoms with Crippen LogP contribution >= 0.6 is 11.6 Å². The summed E-state index contributed by atoms with van der Waals surface area (Å²) in [7, 11) is 0. The lowest BCUT2D eigenvalue weighted by molar-refractivity contribution is -0.385. The molecule has 0 radical (unpaired) electrons. The monoisotopic (exact) mass is 482 g/mol. The summed E-state index contributed by atoms with van der Waals surface area (Å²) in [6.07, 6.45) is -3.19. The molecule has 33 heavy (non-hydrogen) atoms. The molecular formula is C20H18ClF3N6O3. The van der Waals surface area contributed by atoms with E-state index in [4.69, 9.17) is 16.3 Å². The molecule has 1 saturated heterocycles. The van der Waals surface area contributed by atoms with E-state index in [9.17, 15) is 23.3 Å². The molecule has 3 aromatic rings. The van der Waals surface area contributed by atoms with Gasteiger partial charge in [0.1, 0.15) is 11.6 Å². The molecule has 0 unspecified atom stereocenters. The van der Waals surface area contributed by atoms with Crippen molar-refractivity contribution in [3.05, 3.63) is 57.0 Å². The van der Waals surface area contributed by atoms with Crippen molar-refractivity contribution in [3.63, 3.8) is 0 Å². The van der Waals surface area contributed by atoms with E-state index in [0.717, 1.165) is 12.1 Å². The van der Waals surface area contributed by atoms with Gasteiger partial charge in [-0.2, -0.15) is 13.2 Å². The number of rotatable bonds is 5. The minimum Gasteiger partial charge on any atom is -0.378 e. The molecule has 1 aliphatic heterocycles. The Morgan fingerprint density at radius 3 is 2.61 bits per heavy atom. The number of nitrogens with zero attached hydrogens (tertiary/aromatic N) is 5. The molecule has 1 aromatic carbocycles. The Balaban J connectivity index is 1.72. The van der Waals surface area contributed by atoms with Crippen LogP contribution in [0, 0.1) is 10.1 Å². The van der Waals surface area contributed by atoms with Crippen LogP contribution in [0.15, 0.2) is 30.5 Å². The number of pyridine rings is 1. The number of hydrogen-bond acceptors (Lipinski definition) is 8. The maximum Gasteiger partial charge on any atom is 0.416 e. The van der Waals surface area contributed by atoms with E-state index in [1.54, 1.807) is 19.2 Å². The normalized spacial score (nSPS) is 15.5. The van der Waals surface area contributed by atoms with Gasteiger partial charge in [-0.15, -0.1) is 0 Å². The Hall–Kier alpha value is -3.25. The second kappa shape index (κ2) is 8.94. The zero-order valence-corrected chi connectivity index (χ0v) is 18.0. The second-order valence-corrected chi connectivity index (χ2v) is 7.77. The summed E-state index contributed by atoms with van der Waals surface area (Å²) in [6, 6.07) is 3.48. The Morgan fingerprint density at radius 1 is 1.21 bits per heavy atom. The number of fused-ring (bicyclic) bond motifs is 1. The Morgan fingerprint density at radius 2 is 1.94 bits per heavy atom. The molecule has 1 atom stereocenters. The van der Waals surface area contributed by atoms with E-state index in [1.165, 1.54) is 0 Å². The fraction of sp³-hybridized carbons (Fsp3) is 0.350. The van der Waals surface area contributed by atoms with Crippen molar-refractivity contribution >= 4 is 39.8 Å². The number of anilines is 2. The van der Waals surface area contributed by atoms with Crippen LogP contribution in [0.2, 0.25) is 5.28 Å². The molecule has 9 nitrogen and oxygen atoms in total. The fourth-order valence-electron chi connectivity index (χ4n) is 3.51. The minimum atomic E-state index is -4.73. The number of aromatic nitrogens is 3. The van der Waals surface area contributed by atoms with E-state index in [1.807, 2.05) is 4.90 Å². The van der Waals surface area contributed by atoms with Crippen molar-refractivity contribution in [2.75, 3.05) is 36.5 Å². The lowest BCUT2D eigenvalue weighted by atomic mass is 10.0. The van der Waals surface area contributed by atoms with Gasteiger partial charge < -0.3 is 15.0 Å². The molecule has 174 valence electrons. The van der Waals surface area contributed by atoms with Crippen LogP contribution in [0.5, 0.6) is 0 Å². The quantitative estimate of drug-likeness (QED) is 0.319. The van der Waals surface area contributed by atoms with Crippen molar-refractivity contribution in [1.82, 2.24) is 15.0 Å². The molecule has 13 heteroatoms. The summed E-state index contributed by atoms with van der Waals surface area (Å²) < 4.78 is 45.2.